The lowest BCUT2D eigenvalue weighted by molar-refractivity contribution is 0.0491. The van der Waals surface area contributed by atoms with E-state index in [2.05, 4.69) is 46.4 Å². The lowest BCUT2D eigenvalue weighted by atomic mass is 9.60. The van der Waals surface area contributed by atoms with Crippen molar-refractivity contribution in [2.24, 2.45) is 34.5 Å². The molecule has 0 radical (unpaired) electrons. The summed E-state index contributed by atoms with van der Waals surface area (Å²) in [5, 5.41) is 10.1. The first-order valence-corrected chi connectivity index (χ1v) is 12.8. The highest BCUT2D eigenvalue weighted by molar-refractivity contribution is 4.91. The van der Waals surface area contributed by atoms with Gasteiger partial charge in [-0.05, 0) is 93.4 Å². The maximum atomic E-state index is 10.1. The van der Waals surface area contributed by atoms with Crippen molar-refractivity contribution in [1.82, 2.24) is 4.90 Å². The summed E-state index contributed by atoms with van der Waals surface area (Å²) in [6.07, 6.45) is 12.1. The van der Waals surface area contributed by atoms with E-state index in [9.17, 15) is 5.11 Å². The molecule has 0 aromatic rings. The van der Waals surface area contributed by atoms with Gasteiger partial charge >= 0.3 is 0 Å². The van der Waals surface area contributed by atoms with Crippen LogP contribution in [0.4, 0.5) is 0 Å². The number of likely N-dealkylation sites (tertiary alicyclic amines) is 1. The van der Waals surface area contributed by atoms with Gasteiger partial charge in [0.05, 0.1) is 5.60 Å². The lowest BCUT2D eigenvalue weighted by Gasteiger charge is -2.46. The Morgan fingerprint density at radius 2 is 1.76 bits per heavy atom. The van der Waals surface area contributed by atoms with Gasteiger partial charge in [0, 0.05) is 13.1 Å². The van der Waals surface area contributed by atoms with Crippen LogP contribution in [0.25, 0.3) is 0 Å². The Bertz CT molecular complexity index is 491. The van der Waals surface area contributed by atoms with Gasteiger partial charge in [0.25, 0.3) is 0 Å². The molecule has 1 saturated carbocycles. The second kappa shape index (κ2) is 10.0. The molecule has 1 saturated heterocycles. The number of nitrogens with zero attached hydrogens (tertiary/aromatic N) is 1. The number of aliphatic hydroxyl groups is 1. The smallest absolute Gasteiger partial charge is 0.0594 e. The zero-order chi connectivity index (χ0) is 21.9. The van der Waals surface area contributed by atoms with Crippen LogP contribution in [0.1, 0.15) is 113 Å². The average Bonchev–Trinajstić information content (AvgIpc) is 2.98. The zero-order valence-electron chi connectivity index (χ0n) is 21.2. The number of hydrogen-bond acceptors (Lipinski definition) is 2. The van der Waals surface area contributed by atoms with E-state index in [-0.39, 0.29) is 0 Å². The summed E-state index contributed by atoms with van der Waals surface area (Å²) in [6, 6.07) is 0. The Labute approximate surface area is 183 Å². The molecular formula is C27H53NO. The van der Waals surface area contributed by atoms with E-state index in [0.717, 1.165) is 24.2 Å². The van der Waals surface area contributed by atoms with Crippen molar-refractivity contribution in [2.75, 3.05) is 19.6 Å². The van der Waals surface area contributed by atoms with Crippen LogP contribution < -0.4 is 0 Å². The minimum atomic E-state index is -0.524. The highest BCUT2D eigenvalue weighted by Crippen LogP contribution is 2.49. The SMILES string of the molecule is CCC1(C(C)C)CCCC(CC(C)(C)CN2CCC(CC(C)CC(C)(C)O)C2)C1. The van der Waals surface area contributed by atoms with E-state index in [4.69, 9.17) is 0 Å². The molecule has 4 unspecified atom stereocenters. The van der Waals surface area contributed by atoms with E-state index in [1.165, 1.54) is 71.0 Å². The van der Waals surface area contributed by atoms with Crippen LogP contribution in [-0.2, 0) is 0 Å². The topological polar surface area (TPSA) is 23.5 Å². The van der Waals surface area contributed by atoms with E-state index in [1.807, 2.05) is 13.8 Å². The summed E-state index contributed by atoms with van der Waals surface area (Å²) >= 11 is 0. The fraction of sp³-hybridized carbons (Fsp3) is 1.00. The summed E-state index contributed by atoms with van der Waals surface area (Å²) < 4.78 is 0. The summed E-state index contributed by atoms with van der Waals surface area (Å²) in [6.45, 7) is 22.4. The van der Waals surface area contributed by atoms with Crippen molar-refractivity contribution in [3.8, 4) is 0 Å². The van der Waals surface area contributed by atoms with E-state index < -0.39 is 5.60 Å². The van der Waals surface area contributed by atoms with E-state index in [0.29, 0.717) is 16.7 Å². The second-order valence-electron chi connectivity index (χ2n) is 12.9. The Morgan fingerprint density at radius 3 is 2.34 bits per heavy atom. The molecule has 0 bridgehead atoms. The fourth-order valence-corrected chi connectivity index (χ4v) is 7.16. The minimum Gasteiger partial charge on any atom is -0.390 e. The monoisotopic (exact) mass is 407 g/mol. The third-order valence-corrected chi connectivity index (χ3v) is 8.36. The summed E-state index contributed by atoms with van der Waals surface area (Å²) in [4.78, 5) is 2.75. The predicted octanol–water partition coefficient (Wildman–Crippen LogP) is 7.15. The van der Waals surface area contributed by atoms with Crippen molar-refractivity contribution >= 4 is 0 Å². The van der Waals surface area contributed by atoms with Crippen LogP contribution in [0.5, 0.6) is 0 Å². The van der Waals surface area contributed by atoms with Gasteiger partial charge in [-0.2, -0.15) is 0 Å². The molecule has 2 aliphatic rings. The van der Waals surface area contributed by atoms with Gasteiger partial charge in [-0.1, -0.05) is 60.8 Å². The lowest BCUT2D eigenvalue weighted by Crippen LogP contribution is -2.38. The Balaban J connectivity index is 1.82. The molecule has 172 valence electrons. The Kier molecular flexibility index (Phi) is 8.71. The normalized spacial score (nSPS) is 30.8. The number of rotatable bonds is 10. The highest BCUT2D eigenvalue weighted by Gasteiger charge is 2.39. The largest absolute Gasteiger partial charge is 0.390 e. The maximum Gasteiger partial charge on any atom is 0.0594 e. The van der Waals surface area contributed by atoms with Crippen LogP contribution in [0, 0.1) is 34.5 Å². The van der Waals surface area contributed by atoms with Gasteiger partial charge in [-0.3, -0.25) is 0 Å². The van der Waals surface area contributed by atoms with E-state index >= 15 is 0 Å². The van der Waals surface area contributed by atoms with Gasteiger partial charge in [0.1, 0.15) is 0 Å². The molecule has 29 heavy (non-hydrogen) atoms. The van der Waals surface area contributed by atoms with Gasteiger partial charge < -0.3 is 10.0 Å². The van der Waals surface area contributed by atoms with Gasteiger partial charge in [0.2, 0.25) is 0 Å². The minimum absolute atomic E-state index is 0.423. The van der Waals surface area contributed by atoms with Crippen molar-refractivity contribution in [2.45, 2.75) is 119 Å². The third kappa shape index (κ3) is 7.84. The quantitative estimate of drug-likeness (QED) is 0.415. The van der Waals surface area contributed by atoms with Gasteiger partial charge in [-0.15, -0.1) is 0 Å². The molecule has 1 N–H and O–H groups in total. The summed E-state index contributed by atoms with van der Waals surface area (Å²) in [7, 11) is 0. The van der Waals surface area contributed by atoms with Crippen molar-refractivity contribution in [1.29, 1.82) is 0 Å². The first kappa shape index (κ1) is 25.2. The first-order chi connectivity index (χ1) is 13.3. The molecule has 0 aromatic heterocycles. The Morgan fingerprint density at radius 1 is 1.07 bits per heavy atom. The molecule has 0 amide bonds. The third-order valence-electron chi connectivity index (χ3n) is 8.36. The second-order valence-corrected chi connectivity index (χ2v) is 12.9. The van der Waals surface area contributed by atoms with Gasteiger partial charge in [0.15, 0.2) is 0 Å². The summed E-state index contributed by atoms with van der Waals surface area (Å²) in [5.74, 6) is 3.19. The molecule has 0 spiro atoms. The average molecular weight is 408 g/mol. The molecule has 4 atom stereocenters. The predicted molar refractivity (Wildman–Crippen MR) is 127 cm³/mol. The molecule has 1 heterocycles. The van der Waals surface area contributed by atoms with Crippen LogP contribution >= 0.6 is 0 Å². The molecule has 2 fully saturated rings. The van der Waals surface area contributed by atoms with Crippen LogP contribution in [0.3, 0.4) is 0 Å². The molecule has 1 aliphatic carbocycles. The van der Waals surface area contributed by atoms with Gasteiger partial charge in [-0.25, -0.2) is 0 Å². The van der Waals surface area contributed by atoms with Crippen LogP contribution in [0.15, 0.2) is 0 Å². The standard InChI is InChI=1S/C27H53NO/c1-9-27(21(2)3)13-10-11-24(18-27)17-25(5,6)20-28-14-12-23(19-28)15-22(4)16-26(7,8)29/h21-24,29H,9-20H2,1-8H3. The molecule has 1 aliphatic heterocycles. The van der Waals surface area contributed by atoms with E-state index in [1.54, 1.807) is 0 Å². The molecular weight excluding hydrogens is 354 g/mol. The highest BCUT2D eigenvalue weighted by atomic mass is 16.3. The molecule has 2 heteroatoms. The van der Waals surface area contributed by atoms with Crippen molar-refractivity contribution < 1.29 is 5.11 Å². The molecule has 2 nitrogen and oxygen atoms in total. The summed E-state index contributed by atoms with van der Waals surface area (Å²) in [5.41, 5.74) is 0.504. The zero-order valence-corrected chi connectivity index (χ0v) is 21.2. The van der Waals surface area contributed by atoms with Crippen LogP contribution in [-0.4, -0.2) is 35.2 Å². The van der Waals surface area contributed by atoms with Crippen molar-refractivity contribution in [3.05, 3.63) is 0 Å². The maximum absolute atomic E-state index is 10.1. The Hall–Kier alpha value is -0.0800. The molecule has 0 aromatic carbocycles. The van der Waals surface area contributed by atoms with Crippen LogP contribution in [0.2, 0.25) is 0 Å². The number of hydrogen-bond donors (Lipinski definition) is 1. The molecule has 2 rings (SSSR count). The first-order valence-electron chi connectivity index (χ1n) is 12.8. The fourth-order valence-electron chi connectivity index (χ4n) is 7.16. The van der Waals surface area contributed by atoms with Crippen molar-refractivity contribution in [3.63, 3.8) is 0 Å².